The Kier molecular flexibility index (Phi) is 47.9. The summed E-state index contributed by atoms with van der Waals surface area (Å²) in [5.74, 6) is 0.927. The Morgan fingerprint density at radius 2 is 0.626 bits per heavy atom. The molecule has 0 aromatic rings. The maximum atomic E-state index is 11.7. The molecule has 0 bridgehead atoms. The molecule has 39 heteroatoms. The summed E-state index contributed by atoms with van der Waals surface area (Å²) in [5, 5.41) is 9.50. The number of rotatable bonds is 26. The largest absolute Gasteiger partial charge is 0.389 e. The number of hydrogen-bond donors (Lipinski definition) is 9. The maximum absolute atomic E-state index is 11.7. The first-order valence-corrected chi connectivity index (χ1v) is 51.2. The molecule has 640 valence electrons. The first-order chi connectivity index (χ1) is 49.2. The third-order valence-corrected chi connectivity index (χ3v) is 32.4. The summed E-state index contributed by atoms with van der Waals surface area (Å²) in [6.45, 7) is 42.9. The molecule has 6 saturated heterocycles. The second kappa shape index (κ2) is 49.5. The number of hydrogen-bond acceptors (Lipinski definition) is 18. The van der Waals surface area contributed by atoms with Crippen molar-refractivity contribution in [3.63, 3.8) is 0 Å². The average molecular weight is 1690 g/mol. The zero-order valence-electron chi connectivity index (χ0n) is 68.4. The lowest BCUT2D eigenvalue weighted by Crippen LogP contribution is -2.47. The molecule has 0 spiro atoms. The van der Waals surface area contributed by atoms with Gasteiger partial charge in [-0.3, -0.25) is 0 Å². The molecular formula is C68H148N14O17S8. The predicted molar refractivity (Wildman–Crippen MR) is 434 cm³/mol. The van der Waals surface area contributed by atoms with E-state index in [2.05, 4.69) is 56.2 Å². The van der Waals surface area contributed by atoms with E-state index < -0.39 is 86.7 Å². The molecule has 8 fully saturated rings. The van der Waals surface area contributed by atoms with Crippen LogP contribution in [0, 0.1) is 11.8 Å². The number of nitrogens with zero attached hydrogens (tertiary/aromatic N) is 6. The zero-order valence-corrected chi connectivity index (χ0v) is 75.0. The van der Waals surface area contributed by atoms with Gasteiger partial charge in [-0.15, -0.1) is 0 Å². The molecule has 2 aliphatic carbocycles. The summed E-state index contributed by atoms with van der Waals surface area (Å²) in [6, 6.07) is -0.221. The fourth-order valence-electron chi connectivity index (χ4n) is 12.6. The van der Waals surface area contributed by atoms with Gasteiger partial charge in [0.1, 0.15) is 0 Å². The molecule has 107 heavy (non-hydrogen) atoms. The van der Waals surface area contributed by atoms with Gasteiger partial charge < -0.3 is 10.0 Å². The van der Waals surface area contributed by atoms with E-state index in [1.165, 1.54) is 23.6 Å². The highest BCUT2D eigenvalue weighted by atomic mass is 32.2. The van der Waals surface area contributed by atoms with Crippen LogP contribution in [0.4, 0.5) is 0 Å². The van der Waals surface area contributed by atoms with E-state index in [0.29, 0.717) is 84.2 Å². The van der Waals surface area contributed by atoms with Gasteiger partial charge in [0, 0.05) is 133 Å². The molecule has 8 aliphatic rings. The van der Waals surface area contributed by atoms with Crippen LogP contribution in [-0.4, -0.2) is 249 Å². The second-order valence-electron chi connectivity index (χ2n) is 32.0. The Bertz CT molecular complexity index is 3230. The Morgan fingerprint density at radius 3 is 0.897 bits per heavy atom. The topological polar surface area (TPSA) is 409 Å². The molecule has 0 radical (unpaired) electrons. The van der Waals surface area contributed by atoms with Crippen LogP contribution >= 0.6 is 0 Å². The quantitative estimate of drug-likeness (QED) is 0.0447. The first-order valence-electron chi connectivity index (χ1n) is 39.1. The minimum absolute atomic E-state index is 0.0180. The van der Waals surface area contributed by atoms with Crippen molar-refractivity contribution in [2.75, 3.05) is 90.5 Å². The van der Waals surface area contributed by atoms with Crippen LogP contribution in [0.3, 0.4) is 0 Å². The number of allylic oxidation sites excluding steroid dienone is 1. The van der Waals surface area contributed by atoms with Gasteiger partial charge >= 0.3 is 0 Å². The highest BCUT2D eigenvalue weighted by molar-refractivity contribution is 7.90. The van der Waals surface area contributed by atoms with Gasteiger partial charge in [0.25, 0.3) is 51.0 Å². The van der Waals surface area contributed by atoms with Crippen molar-refractivity contribution in [2.24, 2.45) is 11.8 Å². The molecule has 6 aliphatic heterocycles. The predicted octanol–water partition coefficient (Wildman–Crippen LogP) is 6.48. The molecule has 6 heterocycles. The normalized spacial score (nSPS) is 21.3. The van der Waals surface area contributed by atoms with Crippen LogP contribution < -0.4 is 37.8 Å². The Balaban J connectivity index is 0.000000612. The highest BCUT2D eigenvalue weighted by Crippen LogP contribution is 2.33. The molecule has 2 saturated carbocycles. The smallest absolute Gasteiger partial charge is 0.279 e. The summed E-state index contributed by atoms with van der Waals surface area (Å²) < 4.78 is 214. The Hall–Kier alpha value is -1.42. The first kappa shape index (κ1) is 104. The van der Waals surface area contributed by atoms with Crippen LogP contribution in [0.5, 0.6) is 0 Å². The van der Waals surface area contributed by atoms with Crippen molar-refractivity contribution in [1.82, 2.24) is 64.2 Å². The summed E-state index contributed by atoms with van der Waals surface area (Å²) in [5.41, 5.74) is 0.0803. The lowest BCUT2D eigenvalue weighted by molar-refractivity contribution is -0.0116. The average Bonchev–Trinajstić information content (AvgIpc) is 0.936. The van der Waals surface area contributed by atoms with Gasteiger partial charge in [-0.1, -0.05) is 52.0 Å². The molecular weight excluding hydrogens is 1540 g/mol. The minimum atomic E-state index is -3.30. The van der Waals surface area contributed by atoms with Gasteiger partial charge in [-0.05, 0) is 232 Å². The van der Waals surface area contributed by atoms with E-state index in [9.17, 15) is 72.4 Å². The second-order valence-corrected chi connectivity index (χ2v) is 46.1. The Morgan fingerprint density at radius 1 is 0.355 bits per heavy atom. The van der Waals surface area contributed by atoms with Crippen LogP contribution in [-0.2, 0) is 81.1 Å². The number of aliphatic hydroxyl groups is 1. The molecule has 9 N–H and O–H groups in total. The number of likely N-dealkylation sites (tertiary alicyclic amines) is 1. The van der Waals surface area contributed by atoms with Crippen molar-refractivity contribution >= 4 is 81.1 Å². The van der Waals surface area contributed by atoms with Crippen molar-refractivity contribution in [3.8, 4) is 0 Å². The molecule has 1 atom stereocenters. The number of sulfonamides is 3. The Labute approximate surface area is 652 Å². The number of piperidine rings is 5. The third kappa shape index (κ3) is 45.5. The van der Waals surface area contributed by atoms with Crippen molar-refractivity contribution in [1.29, 1.82) is 0 Å². The summed E-state index contributed by atoms with van der Waals surface area (Å²) >= 11 is 0. The lowest BCUT2D eigenvalue weighted by Gasteiger charge is -2.36. The molecule has 1 unspecified atom stereocenters. The molecule has 8 rings (SSSR count). The van der Waals surface area contributed by atoms with E-state index >= 15 is 0 Å². The monoisotopic (exact) mass is 1690 g/mol. The van der Waals surface area contributed by atoms with E-state index in [-0.39, 0.29) is 71.0 Å². The van der Waals surface area contributed by atoms with E-state index in [0.717, 1.165) is 141 Å². The van der Waals surface area contributed by atoms with Gasteiger partial charge in [0.05, 0.1) is 22.4 Å². The van der Waals surface area contributed by atoms with Crippen LogP contribution in [0.1, 0.15) is 265 Å². The molecule has 0 amide bonds. The van der Waals surface area contributed by atoms with Crippen molar-refractivity contribution in [2.45, 2.75) is 325 Å². The van der Waals surface area contributed by atoms with Gasteiger partial charge in [-0.2, -0.15) is 87.2 Å². The summed E-state index contributed by atoms with van der Waals surface area (Å²) in [4.78, 5) is 2.10. The molecule has 31 nitrogen and oxygen atoms in total. The van der Waals surface area contributed by atoms with E-state index in [1.807, 2.05) is 104 Å². The summed E-state index contributed by atoms with van der Waals surface area (Å²) in [7, 11) is -23.5. The van der Waals surface area contributed by atoms with Gasteiger partial charge in [-0.25, -0.2) is 39.4 Å². The maximum Gasteiger partial charge on any atom is 0.279 e. The fraction of sp³-hybridized carbons (Fsp3) is 0.971. The molecule has 0 aromatic heterocycles. The van der Waals surface area contributed by atoms with E-state index in [1.54, 1.807) is 18.2 Å². The third-order valence-electron chi connectivity index (χ3n) is 17.7. The van der Waals surface area contributed by atoms with Crippen LogP contribution in [0.25, 0.3) is 0 Å². The van der Waals surface area contributed by atoms with Crippen molar-refractivity contribution in [3.05, 3.63) is 12.3 Å². The van der Waals surface area contributed by atoms with E-state index in [4.69, 9.17) is 0 Å². The highest BCUT2D eigenvalue weighted by Gasteiger charge is 2.39. The standard InChI is InChI=1S/C11H22N2O2S.C9H20N2O2S.C9H19NO2S.3C8H18N2O2S.C8H17NO3S.C7H16N2O2S/c1-9(2)12-16(14,15)8-11-5-6-13(4)10(3)7-11;1-8(2)10-14(12,13)11-6-4-9(3)5-7-11;1-8(2)10-13(11,12)9-6-4-3-5-7-9;3*1-8(2)9-13(11,12)10-6-4-3-5-7-10;1-7(2)9-13(11,12)6-8(10)4-3-5-8;1-7(2)8-12(10,11)9-5-3-4-6-9/h9,11-12H,3,5-8H2,1-2,4H3;8-10H,4-7H2,1-3H3;8-10H,3-7H2,1-2H3;3*8-9H,3-7H2,1-2H3;7,9-10H,3-6H2,1-2H3;7-8H,3-6H2,1-2H3. The van der Waals surface area contributed by atoms with Crippen molar-refractivity contribution < 1.29 is 72.4 Å². The lowest BCUT2D eigenvalue weighted by atomic mass is 9.82. The summed E-state index contributed by atoms with van der Waals surface area (Å²) in [6.07, 6.45) is 22.1. The minimum Gasteiger partial charge on any atom is -0.389 e. The SMILES string of the molecule is C=C1CC(CS(=O)(=O)NC(C)C)CCN1C.CC(C)NS(=O)(=O)C1CCCCC1.CC(C)NS(=O)(=O)CC1(O)CCC1.CC(C)NS(=O)(=O)N1CCCC1.CC(C)NS(=O)(=O)N1CCCCC1.CC(C)NS(=O)(=O)N1CCCCC1.CC(C)NS(=O)(=O)N1CCCCC1.CC1CCN(S(=O)(=O)NC(C)C)CC1. The van der Waals surface area contributed by atoms with Crippen LogP contribution in [0.2, 0.25) is 0 Å². The number of nitrogens with one attached hydrogen (secondary N) is 8. The fourth-order valence-corrected chi connectivity index (χ4v) is 25.3. The van der Waals surface area contributed by atoms with Gasteiger partial charge in [0.2, 0.25) is 30.1 Å². The molecule has 0 aromatic carbocycles. The zero-order chi connectivity index (χ0) is 82.0. The van der Waals surface area contributed by atoms with Crippen LogP contribution in [0.15, 0.2) is 12.3 Å². The van der Waals surface area contributed by atoms with Gasteiger partial charge in [0.15, 0.2) is 0 Å².